The Balaban J connectivity index is 2.04. The normalized spacial score (nSPS) is 44.8. The van der Waals surface area contributed by atoms with Crippen molar-refractivity contribution < 1.29 is 43.7 Å². The molecule has 0 aromatic rings. The maximum atomic E-state index is 14.0. The fourth-order valence-electron chi connectivity index (χ4n) is 7.64. The number of cyclic esters (lactones) is 1. The topological polar surface area (TPSA) is 144 Å². The maximum Gasteiger partial charge on any atom is 0.358 e. The van der Waals surface area contributed by atoms with Gasteiger partial charge in [-0.3, -0.25) is 19.2 Å². The van der Waals surface area contributed by atoms with E-state index in [1.165, 1.54) is 13.8 Å². The van der Waals surface area contributed by atoms with E-state index < -0.39 is 68.0 Å². The third kappa shape index (κ3) is 2.40. The van der Waals surface area contributed by atoms with Gasteiger partial charge < -0.3 is 19.7 Å². The lowest BCUT2D eigenvalue weighted by Crippen LogP contribution is -2.78. The van der Waals surface area contributed by atoms with Crippen LogP contribution in [0.5, 0.6) is 0 Å². The van der Waals surface area contributed by atoms with E-state index in [-0.39, 0.29) is 36.2 Å². The van der Waals surface area contributed by atoms with Crippen molar-refractivity contribution in [2.45, 2.75) is 72.0 Å². The zero-order valence-electron chi connectivity index (χ0n) is 21.2. The Bertz CT molecular complexity index is 1180. The molecule has 4 aliphatic rings. The van der Waals surface area contributed by atoms with Crippen LogP contribution in [0.15, 0.2) is 23.5 Å². The number of ether oxygens (including phenoxy) is 2. The molecule has 2 saturated carbocycles. The van der Waals surface area contributed by atoms with Crippen molar-refractivity contribution in [3.05, 3.63) is 23.5 Å². The van der Waals surface area contributed by atoms with Crippen LogP contribution in [0.2, 0.25) is 0 Å². The van der Waals surface area contributed by atoms with Crippen LogP contribution in [0.3, 0.4) is 0 Å². The van der Waals surface area contributed by atoms with Crippen molar-refractivity contribution in [3.8, 4) is 0 Å². The minimum atomic E-state index is -2.27. The van der Waals surface area contributed by atoms with E-state index in [1.54, 1.807) is 20.8 Å². The van der Waals surface area contributed by atoms with E-state index in [2.05, 4.69) is 6.58 Å². The molecule has 1 saturated heterocycles. The van der Waals surface area contributed by atoms with Crippen LogP contribution in [0.1, 0.15) is 60.8 Å². The molecule has 35 heavy (non-hydrogen) atoms. The number of hydrogen-bond acceptors (Lipinski definition) is 9. The molecule has 190 valence electrons. The first-order valence-electron chi connectivity index (χ1n) is 11.6. The van der Waals surface area contributed by atoms with E-state index >= 15 is 0 Å². The van der Waals surface area contributed by atoms with Crippen LogP contribution in [0.25, 0.3) is 0 Å². The molecule has 0 spiro atoms. The number of carbonyl (C=O) groups excluding carboxylic acids is 5. The summed E-state index contributed by atoms with van der Waals surface area (Å²) in [5.74, 6) is -6.35. The molecule has 3 aliphatic carbocycles. The van der Waals surface area contributed by atoms with E-state index in [0.29, 0.717) is 0 Å². The molecule has 0 amide bonds. The molecular weight excluding hydrogens is 456 g/mol. The first kappa shape index (κ1) is 25.3. The van der Waals surface area contributed by atoms with Gasteiger partial charge in [0.05, 0.1) is 29.5 Å². The molecule has 1 heterocycles. The molecule has 9 heteroatoms. The molecule has 1 aliphatic heterocycles. The largest absolute Gasteiger partial charge is 0.504 e. The lowest BCUT2D eigenvalue weighted by molar-refractivity contribution is -0.241. The highest BCUT2D eigenvalue weighted by Gasteiger charge is 2.81. The van der Waals surface area contributed by atoms with Gasteiger partial charge in [0.2, 0.25) is 5.78 Å². The molecule has 4 rings (SSSR count). The highest BCUT2D eigenvalue weighted by atomic mass is 16.6. The van der Waals surface area contributed by atoms with Gasteiger partial charge in [0.15, 0.2) is 11.5 Å². The summed E-state index contributed by atoms with van der Waals surface area (Å²) in [6.45, 7) is 12.8. The van der Waals surface area contributed by atoms with Crippen molar-refractivity contribution in [1.29, 1.82) is 0 Å². The number of methoxy groups -OCH3 is 1. The SMILES string of the molecule is C=C1C[C@@]2(O)[C@@](C)(C(=O)C(O)=C3C(C)(C)C(=O)CC[C@]32C)[C@H]2C(=O)O[C@@](C)(C(=O)OC)C(=O)[C@]12C. The zero-order chi connectivity index (χ0) is 26.7. The number of aliphatic hydroxyl groups is 2. The number of allylic oxidation sites excluding steroid dienone is 1. The second-order valence-corrected chi connectivity index (χ2v) is 11.7. The minimum Gasteiger partial charge on any atom is -0.504 e. The quantitative estimate of drug-likeness (QED) is 0.322. The number of Topliss-reactive ketones (excluding diaryl/α,β-unsaturated/α-hetero) is 3. The van der Waals surface area contributed by atoms with Crippen LogP contribution in [-0.2, 0) is 33.4 Å². The Morgan fingerprint density at radius 1 is 1.09 bits per heavy atom. The first-order chi connectivity index (χ1) is 15.8. The fourth-order valence-corrected chi connectivity index (χ4v) is 7.64. The predicted octanol–water partition coefficient (Wildman–Crippen LogP) is 2.15. The molecule has 2 N–H and O–H groups in total. The molecule has 0 bridgehead atoms. The average molecular weight is 489 g/mol. The summed E-state index contributed by atoms with van der Waals surface area (Å²) in [6, 6.07) is 0. The van der Waals surface area contributed by atoms with Crippen LogP contribution in [-0.4, -0.2) is 57.8 Å². The lowest BCUT2D eigenvalue weighted by Gasteiger charge is -2.68. The van der Waals surface area contributed by atoms with Gasteiger partial charge in [0, 0.05) is 17.3 Å². The Labute approximate surface area is 203 Å². The predicted molar refractivity (Wildman–Crippen MR) is 121 cm³/mol. The number of aliphatic hydroxyl groups excluding tert-OH is 1. The van der Waals surface area contributed by atoms with E-state index in [1.807, 2.05) is 0 Å². The van der Waals surface area contributed by atoms with Gasteiger partial charge >= 0.3 is 11.9 Å². The van der Waals surface area contributed by atoms with Crippen LogP contribution in [0.4, 0.5) is 0 Å². The van der Waals surface area contributed by atoms with Crippen LogP contribution >= 0.6 is 0 Å². The van der Waals surface area contributed by atoms with E-state index in [4.69, 9.17) is 9.47 Å². The van der Waals surface area contributed by atoms with Crippen molar-refractivity contribution >= 4 is 29.3 Å². The van der Waals surface area contributed by atoms with Gasteiger partial charge in [-0.25, -0.2) is 4.79 Å². The number of hydrogen-bond donors (Lipinski definition) is 2. The van der Waals surface area contributed by atoms with E-state index in [0.717, 1.165) is 14.0 Å². The standard InChI is InChI=1S/C26H32O9/c1-12-11-26(33)22(4)10-9-13(27)21(2,3)15(22)14(28)17(29)24(26,6)16-18(30)35-25(7,20(32)34-8)19(31)23(12,16)5/h16,28,33H,1,9-11H2,2-8H3/t16-,22+,23+,24+,25+,26-/m0/s1. The van der Waals surface area contributed by atoms with Crippen LogP contribution in [0, 0.1) is 27.6 Å². The second-order valence-electron chi connectivity index (χ2n) is 11.7. The Morgan fingerprint density at radius 2 is 1.66 bits per heavy atom. The molecule has 0 radical (unpaired) electrons. The Kier molecular flexibility index (Phi) is 4.83. The van der Waals surface area contributed by atoms with Crippen molar-refractivity contribution in [2.75, 3.05) is 7.11 Å². The highest BCUT2D eigenvalue weighted by Crippen LogP contribution is 2.72. The second kappa shape index (κ2) is 6.69. The van der Waals surface area contributed by atoms with Crippen LogP contribution < -0.4 is 0 Å². The molecule has 6 atom stereocenters. The number of carbonyl (C=O) groups is 5. The first-order valence-corrected chi connectivity index (χ1v) is 11.6. The highest BCUT2D eigenvalue weighted by molar-refractivity contribution is 6.17. The lowest BCUT2D eigenvalue weighted by atomic mass is 9.35. The number of esters is 2. The third-order valence-corrected chi connectivity index (χ3v) is 9.80. The Hall–Kier alpha value is -2.81. The summed E-state index contributed by atoms with van der Waals surface area (Å²) in [5, 5.41) is 23.7. The van der Waals surface area contributed by atoms with Crippen molar-refractivity contribution in [1.82, 2.24) is 0 Å². The summed E-state index contributed by atoms with van der Waals surface area (Å²) in [6.07, 6.45) is -0.0608. The number of rotatable bonds is 1. The average Bonchev–Trinajstić information content (AvgIpc) is 2.76. The van der Waals surface area contributed by atoms with Gasteiger partial charge in [-0.15, -0.1) is 0 Å². The summed E-state index contributed by atoms with van der Waals surface area (Å²) in [5.41, 5.74) is -10.3. The number of fused-ring (bicyclic) bond motifs is 5. The molecule has 9 nitrogen and oxygen atoms in total. The molecule has 0 aromatic carbocycles. The molecule has 0 unspecified atom stereocenters. The van der Waals surface area contributed by atoms with Gasteiger partial charge in [0.25, 0.3) is 5.60 Å². The summed E-state index contributed by atoms with van der Waals surface area (Å²) < 4.78 is 10.1. The summed E-state index contributed by atoms with van der Waals surface area (Å²) >= 11 is 0. The van der Waals surface area contributed by atoms with Gasteiger partial charge in [-0.2, -0.15) is 0 Å². The van der Waals surface area contributed by atoms with Crippen molar-refractivity contribution in [2.24, 2.45) is 27.6 Å². The van der Waals surface area contributed by atoms with Gasteiger partial charge in [-0.05, 0) is 53.0 Å². The third-order valence-electron chi connectivity index (χ3n) is 9.80. The van der Waals surface area contributed by atoms with E-state index in [9.17, 15) is 34.2 Å². The monoisotopic (exact) mass is 488 g/mol. The maximum absolute atomic E-state index is 14.0. The fraction of sp³-hybridized carbons (Fsp3) is 0.654. The van der Waals surface area contributed by atoms with Gasteiger partial charge in [-0.1, -0.05) is 19.1 Å². The number of ketones is 3. The van der Waals surface area contributed by atoms with Gasteiger partial charge in [0.1, 0.15) is 5.78 Å². The van der Waals surface area contributed by atoms with Crippen molar-refractivity contribution in [3.63, 3.8) is 0 Å². The zero-order valence-corrected chi connectivity index (χ0v) is 21.2. The Morgan fingerprint density at radius 3 is 2.20 bits per heavy atom. The smallest absolute Gasteiger partial charge is 0.358 e. The molecular formula is C26H32O9. The minimum absolute atomic E-state index is 0.0884. The molecule has 0 aromatic heterocycles. The summed E-state index contributed by atoms with van der Waals surface area (Å²) in [4.78, 5) is 66.7. The molecule has 3 fully saturated rings. The summed E-state index contributed by atoms with van der Waals surface area (Å²) in [7, 11) is 1.06.